The molecule has 1 aromatic rings. The fourth-order valence-corrected chi connectivity index (χ4v) is 4.53. The Morgan fingerprint density at radius 3 is 2.32 bits per heavy atom. The molecule has 3 rings (SSSR count). The van der Waals surface area contributed by atoms with Crippen LogP contribution in [0.2, 0.25) is 0 Å². The van der Waals surface area contributed by atoms with Crippen molar-refractivity contribution in [3.05, 3.63) is 29.8 Å². The quantitative estimate of drug-likeness (QED) is 0.780. The lowest BCUT2D eigenvalue weighted by molar-refractivity contribution is -0.123. The van der Waals surface area contributed by atoms with Gasteiger partial charge in [0.05, 0.1) is 0 Å². The Morgan fingerprint density at radius 2 is 1.76 bits per heavy atom. The zero-order valence-electron chi connectivity index (χ0n) is 15.3. The van der Waals surface area contributed by atoms with E-state index in [4.69, 9.17) is 0 Å². The minimum absolute atomic E-state index is 0.0781. The summed E-state index contributed by atoms with van der Waals surface area (Å²) in [5, 5.41) is 0. The molecule has 0 aromatic heterocycles. The molecule has 25 heavy (non-hydrogen) atoms. The van der Waals surface area contributed by atoms with Crippen molar-refractivity contribution in [3.8, 4) is 0 Å². The molecule has 0 spiro atoms. The van der Waals surface area contributed by atoms with Gasteiger partial charge in [0.25, 0.3) is 5.91 Å². The highest BCUT2D eigenvalue weighted by Crippen LogP contribution is 2.49. The second-order valence-corrected chi connectivity index (χ2v) is 7.36. The zero-order valence-corrected chi connectivity index (χ0v) is 15.3. The van der Waals surface area contributed by atoms with Gasteiger partial charge in [0.1, 0.15) is 0 Å². The molecule has 2 saturated carbocycles. The highest BCUT2D eigenvalue weighted by molar-refractivity contribution is 5.95. The molecule has 0 heterocycles. The molecule has 5 nitrogen and oxygen atoms in total. The van der Waals surface area contributed by atoms with Crippen LogP contribution in [0.5, 0.6) is 0 Å². The van der Waals surface area contributed by atoms with Crippen LogP contribution in [-0.4, -0.2) is 24.9 Å². The predicted molar refractivity (Wildman–Crippen MR) is 99.2 cm³/mol. The fourth-order valence-electron chi connectivity index (χ4n) is 4.53. The van der Waals surface area contributed by atoms with Gasteiger partial charge in [-0.25, -0.2) is 0 Å². The number of nitrogens with zero attached hydrogens (tertiary/aromatic N) is 1. The van der Waals surface area contributed by atoms with Crippen LogP contribution in [0.25, 0.3) is 0 Å². The Kier molecular flexibility index (Phi) is 5.61. The smallest absolute Gasteiger partial charge is 0.269 e. The molecular weight excluding hydrogens is 314 g/mol. The van der Waals surface area contributed by atoms with Crippen LogP contribution < -0.4 is 15.8 Å². The first-order valence-corrected chi connectivity index (χ1v) is 9.54. The molecule has 2 N–H and O–H groups in total. The average molecular weight is 343 g/mol. The van der Waals surface area contributed by atoms with Gasteiger partial charge in [0.15, 0.2) is 0 Å². The number of hydrogen-bond donors (Lipinski definition) is 2. The number of benzene rings is 1. The van der Waals surface area contributed by atoms with Gasteiger partial charge in [-0.1, -0.05) is 6.42 Å². The summed E-state index contributed by atoms with van der Waals surface area (Å²) in [7, 11) is 0. The molecule has 2 aliphatic carbocycles. The van der Waals surface area contributed by atoms with Gasteiger partial charge in [-0.15, -0.1) is 0 Å². The van der Waals surface area contributed by atoms with E-state index in [9.17, 15) is 9.59 Å². The first-order valence-electron chi connectivity index (χ1n) is 9.54. The number of hydrogen-bond acceptors (Lipinski definition) is 3. The van der Waals surface area contributed by atoms with Crippen molar-refractivity contribution in [2.45, 2.75) is 46.0 Å². The number of fused-ring (bicyclic) bond motifs is 2. The average Bonchev–Trinajstić information content (AvgIpc) is 3.24. The lowest BCUT2D eigenvalue weighted by atomic mass is 9.86. The van der Waals surface area contributed by atoms with Crippen LogP contribution in [0, 0.1) is 17.8 Å². The summed E-state index contributed by atoms with van der Waals surface area (Å²) in [5.41, 5.74) is 6.77. The van der Waals surface area contributed by atoms with E-state index in [-0.39, 0.29) is 11.8 Å². The first kappa shape index (κ1) is 17.8. The summed E-state index contributed by atoms with van der Waals surface area (Å²) in [5.74, 6) is 1.71. The van der Waals surface area contributed by atoms with Crippen LogP contribution in [0.4, 0.5) is 5.69 Å². The maximum atomic E-state index is 12.2. The van der Waals surface area contributed by atoms with Gasteiger partial charge in [0, 0.05) is 30.8 Å². The second kappa shape index (κ2) is 7.89. The van der Waals surface area contributed by atoms with Crippen molar-refractivity contribution in [3.63, 3.8) is 0 Å². The molecular formula is C20H29N3O2. The molecule has 0 aliphatic heterocycles. The van der Waals surface area contributed by atoms with Gasteiger partial charge in [-0.3, -0.25) is 20.4 Å². The van der Waals surface area contributed by atoms with E-state index in [1.165, 1.54) is 25.7 Å². The molecule has 2 amide bonds. The van der Waals surface area contributed by atoms with Gasteiger partial charge < -0.3 is 4.90 Å². The van der Waals surface area contributed by atoms with Gasteiger partial charge in [0.2, 0.25) is 5.91 Å². The topological polar surface area (TPSA) is 61.4 Å². The first-order chi connectivity index (χ1) is 12.1. The monoisotopic (exact) mass is 343 g/mol. The molecule has 5 heteroatoms. The van der Waals surface area contributed by atoms with E-state index in [0.717, 1.165) is 30.6 Å². The summed E-state index contributed by atoms with van der Waals surface area (Å²) >= 11 is 0. The Morgan fingerprint density at radius 1 is 1.04 bits per heavy atom. The number of anilines is 1. The number of rotatable bonds is 6. The third-order valence-electron chi connectivity index (χ3n) is 5.91. The lowest BCUT2D eigenvalue weighted by Gasteiger charge is -2.21. The third-order valence-corrected chi connectivity index (χ3v) is 5.91. The van der Waals surface area contributed by atoms with E-state index in [2.05, 4.69) is 29.6 Å². The summed E-state index contributed by atoms with van der Waals surface area (Å²) in [6.45, 7) is 6.08. The van der Waals surface area contributed by atoms with Crippen LogP contribution in [0.3, 0.4) is 0 Å². The minimum atomic E-state index is -0.271. The number of carbonyl (C=O) groups excluding carboxylic acids is 2. The summed E-state index contributed by atoms with van der Waals surface area (Å²) in [4.78, 5) is 26.5. The number of nitrogens with one attached hydrogen (secondary N) is 2. The molecule has 2 bridgehead atoms. The molecule has 0 unspecified atom stereocenters. The van der Waals surface area contributed by atoms with Gasteiger partial charge >= 0.3 is 0 Å². The molecule has 136 valence electrons. The Balaban J connectivity index is 1.46. The summed E-state index contributed by atoms with van der Waals surface area (Å²) in [6.07, 6.45) is 5.61. The summed E-state index contributed by atoms with van der Waals surface area (Å²) in [6, 6.07) is 7.48. The van der Waals surface area contributed by atoms with Gasteiger partial charge in [-0.2, -0.15) is 0 Å². The van der Waals surface area contributed by atoms with Crippen LogP contribution in [0.15, 0.2) is 24.3 Å². The van der Waals surface area contributed by atoms with E-state index in [0.29, 0.717) is 17.9 Å². The van der Waals surface area contributed by atoms with Crippen molar-refractivity contribution < 1.29 is 9.59 Å². The number of carbonyl (C=O) groups is 2. The van der Waals surface area contributed by atoms with Crippen molar-refractivity contribution in [1.29, 1.82) is 0 Å². The van der Waals surface area contributed by atoms with E-state index in [1.54, 1.807) is 12.1 Å². The van der Waals surface area contributed by atoms with Crippen molar-refractivity contribution >= 4 is 17.5 Å². The molecule has 3 atom stereocenters. The lowest BCUT2D eigenvalue weighted by Crippen LogP contribution is -2.42. The Bertz CT molecular complexity index is 610. The third kappa shape index (κ3) is 4.14. The standard InChI is InChI=1S/C20H29N3O2/c1-3-23(4-2)18-9-7-15(8-10-18)20(25)22-21-19(24)13-17-12-14-5-6-16(17)11-14/h7-10,14,16-17H,3-6,11-13H2,1-2H3,(H,21,24)(H,22,25)/t14-,16+,17+/m0/s1. The maximum absolute atomic E-state index is 12.2. The van der Waals surface area contributed by atoms with Crippen molar-refractivity contribution in [2.24, 2.45) is 17.8 Å². The fraction of sp³-hybridized carbons (Fsp3) is 0.600. The molecule has 2 fully saturated rings. The summed E-state index contributed by atoms with van der Waals surface area (Å²) < 4.78 is 0. The Labute approximate surface area is 150 Å². The van der Waals surface area contributed by atoms with Crippen molar-refractivity contribution in [2.75, 3.05) is 18.0 Å². The SMILES string of the molecule is CCN(CC)c1ccc(C(=O)NNC(=O)C[C@H]2C[C@H]3CC[C@@H]2C3)cc1. The molecule has 1 aromatic carbocycles. The van der Waals surface area contributed by atoms with Crippen LogP contribution in [0.1, 0.15) is 56.3 Å². The van der Waals surface area contributed by atoms with E-state index < -0.39 is 0 Å². The van der Waals surface area contributed by atoms with Crippen LogP contribution in [-0.2, 0) is 4.79 Å². The van der Waals surface area contributed by atoms with Crippen LogP contribution >= 0.6 is 0 Å². The van der Waals surface area contributed by atoms with Crippen molar-refractivity contribution in [1.82, 2.24) is 10.9 Å². The predicted octanol–water partition coefficient (Wildman–Crippen LogP) is 3.12. The largest absolute Gasteiger partial charge is 0.372 e. The molecule has 0 radical (unpaired) electrons. The zero-order chi connectivity index (χ0) is 17.8. The number of amides is 2. The highest BCUT2D eigenvalue weighted by Gasteiger charge is 2.40. The maximum Gasteiger partial charge on any atom is 0.269 e. The minimum Gasteiger partial charge on any atom is -0.372 e. The molecule has 0 saturated heterocycles. The normalized spacial score (nSPS) is 24.2. The molecule has 2 aliphatic rings. The van der Waals surface area contributed by atoms with E-state index >= 15 is 0 Å². The number of hydrazine groups is 1. The second-order valence-electron chi connectivity index (χ2n) is 7.36. The van der Waals surface area contributed by atoms with Gasteiger partial charge in [-0.05, 0) is 75.1 Å². The van der Waals surface area contributed by atoms with E-state index in [1.807, 2.05) is 12.1 Å². The Hall–Kier alpha value is -2.04. The highest BCUT2D eigenvalue weighted by atomic mass is 16.2.